The summed E-state index contributed by atoms with van der Waals surface area (Å²) in [4.78, 5) is 4.62. The highest BCUT2D eigenvalue weighted by Gasteiger charge is 2.26. The van der Waals surface area contributed by atoms with Crippen molar-refractivity contribution in [3.05, 3.63) is 41.6 Å². The Morgan fingerprint density at radius 2 is 1.90 bits per heavy atom. The van der Waals surface area contributed by atoms with Gasteiger partial charge in [0.15, 0.2) is 0 Å². The van der Waals surface area contributed by atoms with Gasteiger partial charge in [-0.25, -0.2) is 0 Å². The van der Waals surface area contributed by atoms with Crippen molar-refractivity contribution >= 4 is 10.9 Å². The standard InChI is InChI=1S/C19H26N2/c1-15-12-16(17-8-4-5-9-18(17)21-15)13-20-14-19(2)10-6-3-7-11-19/h4-5,8-9,12,20H,3,6-7,10-11,13-14H2,1-2H3. The third kappa shape index (κ3) is 3.44. The first-order valence-corrected chi connectivity index (χ1v) is 8.22. The van der Waals surface area contributed by atoms with Crippen LogP contribution in [0.2, 0.25) is 0 Å². The molecule has 0 amide bonds. The Morgan fingerprint density at radius 1 is 1.14 bits per heavy atom. The summed E-state index contributed by atoms with van der Waals surface area (Å²) in [6, 6.07) is 10.7. The molecule has 1 fully saturated rings. The minimum atomic E-state index is 0.496. The molecular formula is C19H26N2. The molecule has 21 heavy (non-hydrogen) atoms. The van der Waals surface area contributed by atoms with Crippen LogP contribution in [0.1, 0.15) is 50.3 Å². The zero-order chi connectivity index (χ0) is 14.7. The Hall–Kier alpha value is -1.41. The molecule has 0 radical (unpaired) electrons. The van der Waals surface area contributed by atoms with Crippen LogP contribution in [0, 0.1) is 12.3 Å². The largest absolute Gasteiger partial charge is 0.312 e. The first-order chi connectivity index (χ1) is 10.2. The molecule has 1 heterocycles. The van der Waals surface area contributed by atoms with Crippen molar-refractivity contribution in [1.82, 2.24) is 10.3 Å². The quantitative estimate of drug-likeness (QED) is 0.886. The van der Waals surface area contributed by atoms with E-state index in [1.54, 1.807) is 0 Å². The summed E-state index contributed by atoms with van der Waals surface area (Å²) in [7, 11) is 0. The van der Waals surface area contributed by atoms with Crippen LogP contribution < -0.4 is 5.32 Å². The summed E-state index contributed by atoms with van der Waals surface area (Å²) in [6.45, 7) is 6.59. The molecule has 0 unspecified atom stereocenters. The summed E-state index contributed by atoms with van der Waals surface area (Å²) in [5.74, 6) is 0. The van der Waals surface area contributed by atoms with E-state index in [9.17, 15) is 0 Å². The molecule has 0 bridgehead atoms. The first-order valence-electron chi connectivity index (χ1n) is 8.22. The SMILES string of the molecule is Cc1cc(CNCC2(C)CCCCC2)c2ccccc2n1. The Morgan fingerprint density at radius 3 is 2.71 bits per heavy atom. The molecule has 0 spiro atoms. The molecule has 2 aromatic rings. The van der Waals surface area contributed by atoms with Crippen molar-refractivity contribution < 1.29 is 0 Å². The molecule has 2 heteroatoms. The van der Waals surface area contributed by atoms with Crippen LogP contribution in [0.25, 0.3) is 10.9 Å². The van der Waals surface area contributed by atoms with Crippen LogP contribution in [0.5, 0.6) is 0 Å². The van der Waals surface area contributed by atoms with Crippen LogP contribution in [0.4, 0.5) is 0 Å². The zero-order valence-electron chi connectivity index (χ0n) is 13.3. The predicted octanol–water partition coefficient (Wildman–Crippen LogP) is 4.60. The van der Waals surface area contributed by atoms with Crippen molar-refractivity contribution in [3.63, 3.8) is 0 Å². The minimum absolute atomic E-state index is 0.496. The number of fused-ring (bicyclic) bond motifs is 1. The van der Waals surface area contributed by atoms with Gasteiger partial charge < -0.3 is 5.32 Å². The van der Waals surface area contributed by atoms with Crippen LogP contribution in [-0.4, -0.2) is 11.5 Å². The lowest BCUT2D eigenvalue weighted by molar-refractivity contribution is 0.207. The summed E-state index contributed by atoms with van der Waals surface area (Å²) in [5, 5.41) is 4.99. The minimum Gasteiger partial charge on any atom is -0.312 e. The zero-order valence-corrected chi connectivity index (χ0v) is 13.3. The fourth-order valence-electron chi connectivity index (χ4n) is 3.62. The lowest BCUT2D eigenvalue weighted by Crippen LogP contribution is -2.33. The second-order valence-corrected chi connectivity index (χ2v) is 6.91. The van der Waals surface area contributed by atoms with E-state index in [-0.39, 0.29) is 0 Å². The van der Waals surface area contributed by atoms with Crippen molar-refractivity contribution in [3.8, 4) is 0 Å². The average molecular weight is 282 g/mol. The predicted molar refractivity (Wildman–Crippen MR) is 89.4 cm³/mol. The molecule has 1 saturated carbocycles. The maximum absolute atomic E-state index is 4.62. The van der Waals surface area contributed by atoms with Gasteiger partial charge in [0.05, 0.1) is 5.52 Å². The molecule has 1 aromatic heterocycles. The maximum Gasteiger partial charge on any atom is 0.0708 e. The van der Waals surface area contributed by atoms with Gasteiger partial charge in [0.2, 0.25) is 0 Å². The van der Waals surface area contributed by atoms with E-state index in [0.29, 0.717) is 5.41 Å². The highest BCUT2D eigenvalue weighted by Crippen LogP contribution is 2.35. The van der Waals surface area contributed by atoms with Gasteiger partial charge in [-0.3, -0.25) is 4.98 Å². The Labute approximate surface area is 128 Å². The van der Waals surface area contributed by atoms with Gasteiger partial charge in [-0.05, 0) is 42.9 Å². The van der Waals surface area contributed by atoms with E-state index >= 15 is 0 Å². The Kier molecular flexibility index (Phi) is 4.25. The summed E-state index contributed by atoms with van der Waals surface area (Å²) < 4.78 is 0. The van der Waals surface area contributed by atoms with Gasteiger partial charge in [-0.1, -0.05) is 44.4 Å². The van der Waals surface area contributed by atoms with E-state index in [1.807, 2.05) is 0 Å². The van der Waals surface area contributed by atoms with Crippen LogP contribution >= 0.6 is 0 Å². The maximum atomic E-state index is 4.62. The van der Waals surface area contributed by atoms with E-state index in [1.165, 1.54) is 43.1 Å². The van der Waals surface area contributed by atoms with E-state index in [0.717, 1.165) is 24.3 Å². The van der Waals surface area contributed by atoms with E-state index < -0.39 is 0 Å². The molecule has 1 aliphatic rings. The van der Waals surface area contributed by atoms with Gasteiger partial charge in [0, 0.05) is 24.2 Å². The number of hydrogen-bond acceptors (Lipinski definition) is 2. The highest BCUT2D eigenvalue weighted by molar-refractivity contribution is 5.82. The number of aromatic nitrogens is 1. The van der Waals surface area contributed by atoms with Crippen molar-refractivity contribution in [2.45, 2.75) is 52.5 Å². The molecule has 2 nitrogen and oxygen atoms in total. The molecule has 0 saturated heterocycles. The number of benzene rings is 1. The second-order valence-electron chi connectivity index (χ2n) is 6.91. The van der Waals surface area contributed by atoms with Crippen molar-refractivity contribution in [1.29, 1.82) is 0 Å². The van der Waals surface area contributed by atoms with Gasteiger partial charge in [0.1, 0.15) is 0 Å². The van der Waals surface area contributed by atoms with E-state index in [4.69, 9.17) is 0 Å². The summed E-state index contributed by atoms with van der Waals surface area (Å²) in [6.07, 6.45) is 6.96. The number of nitrogens with zero attached hydrogens (tertiary/aromatic N) is 1. The van der Waals surface area contributed by atoms with Crippen LogP contribution in [0.3, 0.4) is 0 Å². The van der Waals surface area contributed by atoms with Gasteiger partial charge in [0.25, 0.3) is 0 Å². The third-order valence-electron chi connectivity index (χ3n) is 4.86. The Bertz CT molecular complexity index is 612. The van der Waals surface area contributed by atoms with Gasteiger partial charge in [-0.2, -0.15) is 0 Å². The van der Waals surface area contributed by atoms with Crippen LogP contribution in [-0.2, 0) is 6.54 Å². The number of nitrogens with one attached hydrogen (secondary N) is 1. The molecule has 0 aliphatic heterocycles. The summed E-state index contributed by atoms with van der Waals surface area (Å²) in [5.41, 5.74) is 4.08. The van der Waals surface area contributed by atoms with E-state index in [2.05, 4.69) is 54.5 Å². The number of aryl methyl sites for hydroxylation is 1. The smallest absolute Gasteiger partial charge is 0.0708 e. The molecular weight excluding hydrogens is 256 g/mol. The third-order valence-corrected chi connectivity index (χ3v) is 4.86. The van der Waals surface area contributed by atoms with Gasteiger partial charge >= 0.3 is 0 Å². The lowest BCUT2D eigenvalue weighted by atomic mass is 9.76. The molecule has 3 rings (SSSR count). The first kappa shape index (κ1) is 14.5. The number of hydrogen-bond donors (Lipinski definition) is 1. The molecule has 1 aromatic carbocycles. The number of para-hydroxylation sites is 1. The second kappa shape index (κ2) is 6.15. The number of rotatable bonds is 4. The molecule has 1 N–H and O–H groups in total. The molecule has 112 valence electrons. The van der Waals surface area contributed by atoms with Crippen molar-refractivity contribution in [2.24, 2.45) is 5.41 Å². The van der Waals surface area contributed by atoms with Crippen LogP contribution in [0.15, 0.2) is 30.3 Å². The summed E-state index contributed by atoms with van der Waals surface area (Å²) >= 11 is 0. The van der Waals surface area contributed by atoms with Gasteiger partial charge in [-0.15, -0.1) is 0 Å². The number of pyridine rings is 1. The monoisotopic (exact) mass is 282 g/mol. The fourth-order valence-corrected chi connectivity index (χ4v) is 3.62. The Balaban J connectivity index is 1.70. The average Bonchev–Trinajstić information content (AvgIpc) is 2.47. The lowest BCUT2D eigenvalue weighted by Gasteiger charge is -2.33. The molecule has 0 atom stereocenters. The normalized spacial score (nSPS) is 18.0. The fraction of sp³-hybridized carbons (Fsp3) is 0.526. The topological polar surface area (TPSA) is 24.9 Å². The molecule has 1 aliphatic carbocycles. The highest BCUT2D eigenvalue weighted by atomic mass is 14.9. The van der Waals surface area contributed by atoms with Crippen molar-refractivity contribution in [2.75, 3.05) is 6.54 Å².